The molecule has 4 heterocycles. The van der Waals surface area contributed by atoms with E-state index in [4.69, 9.17) is 0 Å². The number of pyridine rings is 1. The number of thiazole rings is 1. The van der Waals surface area contributed by atoms with E-state index in [9.17, 15) is 9.59 Å². The van der Waals surface area contributed by atoms with Gasteiger partial charge in [-0.25, -0.2) is 9.97 Å². The number of likely N-dealkylation sites (tertiary alicyclic amines) is 1. The van der Waals surface area contributed by atoms with E-state index in [2.05, 4.69) is 25.3 Å². The molecule has 3 aromatic rings. The summed E-state index contributed by atoms with van der Waals surface area (Å²) in [5.74, 6) is 0.830. The first-order chi connectivity index (χ1) is 15.3. The molecule has 1 saturated heterocycles. The molecule has 8 nitrogen and oxygen atoms in total. The molecule has 1 N–H and O–H groups in total. The number of ketones is 1. The van der Waals surface area contributed by atoms with Crippen LogP contribution in [0, 0.1) is 18.3 Å². The van der Waals surface area contributed by atoms with E-state index in [-0.39, 0.29) is 23.3 Å². The Balaban J connectivity index is 1.33. The Hall–Kier alpha value is -2.94. The van der Waals surface area contributed by atoms with Gasteiger partial charge < -0.3 is 10.2 Å². The predicted octanol–water partition coefficient (Wildman–Crippen LogP) is 3.79. The number of nitrogens with zero attached hydrogens (tertiary/aromatic N) is 5. The number of hydrogen-bond acceptors (Lipinski definition) is 8. The van der Waals surface area contributed by atoms with E-state index in [0.29, 0.717) is 47.3 Å². The molecule has 166 valence electrons. The Labute approximate surface area is 190 Å². The van der Waals surface area contributed by atoms with Crippen molar-refractivity contribution in [3.8, 4) is 0 Å². The molecule has 1 atom stereocenters. The molecule has 0 aromatic carbocycles. The van der Waals surface area contributed by atoms with E-state index in [1.54, 1.807) is 17.3 Å². The van der Waals surface area contributed by atoms with Crippen LogP contribution < -0.4 is 5.32 Å². The molecule has 32 heavy (non-hydrogen) atoms. The van der Waals surface area contributed by atoms with Crippen molar-refractivity contribution in [2.24, 2.45) is 11.3 Å². The first-order valence-corrected chi connectivity index (χ1v) is 11.8. The molecule has 1 aliphatic carbocycles. The third-order valence-electron chi connectivity index (χ3n) is 6.49. The summed E-state index contributed by atoms with van der Waals surface area (Å²) in [6.45, 7) is 7.13. The molecule has 1 saturated carbocycles. The molecule has 0 spiro atoms. The molecule has 0 radical (unpaired) electrons. The number of amides is 1. The molecule has 9 heteroatoms. The van der Waals surface area contributed by atoms with E-state index in [1.807, 2.05) is 32.9 Å². The van der Waals surface area contributed by atoms with Gasteiger partial charge in [-0.1, -0.05) is 13.0 Å². The normalized spacial score (nSPS) is 18.3. The number of aromatic nitrogens is 4. The van der Waals surface area contributed by atoms with Crippen molar-refractivity contribution in [3.63, 3.8) is 0 Å². The monoisotopic (exact) mass is 450 g/mol. The SMILES string of the molecule is Cc1nc2nc(N[C@@H](C)c3cccnc3)nc(C(=O)N3CC(CC(=O)C4(C)CC4)C3)c2s1. The summed E-state index contributed by atoms with van der Waals surface area (Å²) in [7, 11) is 0. The van der Waals surface area contributed by atoms with Crippen molar-refractivity contribution in [1.29, 1.82) is 0 Å². The minimum absolute atomic E-state index is 0.0768. The Morgan fingerprint density at radius 2 is 2.06 bits per heavy atom. The Kier molecular flexibility index (Phi) is 5.16. The van der Waals surface area contributed by atoms with E-state index in [0.717, 1.165) is 23.4 Å². The van der Waals surface area contributed by atoms with Gasteiger partial charge >= 0.3 is 0 Å². The average Bonchev–Trinajstić information content (AvgIpc) is 3.39. The zero-order chi connectivity index (χ0) is 22.5. The quantitative estimate of drug-likeness (QED) is 0.584. The van der Waals surface area contributed by atoms with Gasteiger partial charge in [0.2, 0.25) is 5.95 Å². The second kappa shape index (κ2) is 7.88. The van der Waals surface area contributed by atoms with Crippen LogP contribution in [0.25, 0.3) is 10.3 Å². The number of carbonyl (C=O) groups is 2. The Morgan fingerprint density at radius 3 is 2.75 bits per heavy atom. The number of anilines is 1. The number of rotatable bonds is 7. The fraction of sp³-hybridized carbons (Fsp3) is 0.478. The smallest absolute Gasteiger partial charge is 0.274 e. The van der Waals surface area contributed by atoms with Gasteiger partial charge in [-0.05, 0) is 38.3 Å². The number of carbonyl (C=O) groups excluding carboxylic acids is 2. The van der Waals surface area contributed by atoms with E-state index >= 15 is 0 Å². The number of nitrogens with one attached hydrogen (secondary N) is 1. The fourth-order valence-corrected chi connectivity index (χ4v) is 4.88. The van der Waals surface area contributed by atoms with Crippen LogP contribution in [0.2, 0.25) is 0 Å². The van der Waals surface area contributed by atoms with Crippen LogP contribution in [0.1, 0.15) is 60.2 Å². The highest BCUT2D eigenvalue weighted by atomic mass is 32.1. The lowest BCUT2D eigenvalue weighted by Crippen LogP contribution is -2.51. The molecule has 1 amide bonds. The highest BCUT2D eigenvalue weighted by molar-refractivity contribution is 7.18. The maximum atomic E-state index is 13.3. The number of Topliss-reactive ketones (excluding diaryl/α,β-unsaturated/α-hetero) is 1. The summed E-state index contributed by atoms with van der Waals surface area (Å²) >= 11 is 1.43. The molecule has 1 aliphatic heterocycles. The van der Waals surface area contributed by atoms with Crippen molar-refractivity contribution in [3.05, 3.63) is 40.8 Å². The lowest BCUT2D eigenvalue weighted by Gasteiger charge is -2.39. The lowest BCUT2D eigenvalue weighted by molar-refractivity contribution is -0.125. The maximum absolute atomic E-state index is 13.3. The van der Waals surface area contributed by atoms with Gasteiger partial charge in [0.15, 0.2) is 11.3 Å². The number of fused-ring (bicyclic) bond motifs is 1. The van der Waals surface area contributed by atoms with Crippen LogP contribution in [0.15, 0.2) is 24.5 Å². The third-order valence-corrected chi connectivity index (χ3v) is 7.45. The lowest BCUT2D eigenvalue weighted by atomic mass is 9.88. The van der Waals surface area contributed by atoms with Crippen LogP contribution in [0.4, 0.5) is 5.95 Å². The summed E-state index contributed by atoms with van der Waals surface area (Å²) in [4.78, 5) is 45.2. The minimum Gasteiger partial charge on any atom is -0.348 e. The zero-order valence-electron chi connectivity index (χ0n) is 18.5. The van der Waals surface area contributed by atoms with Crippen LogP contribution >= 0.6 is 11.3 Å². The van der Waals surface area contributed by atoms with Crippen molar-refractivity contribution >= 4 is 39.3 Å². The van der Waals surface area contributed by atoms with Gasteiger partial charge in [-0.2, -0.15) is 4.98 Å². The minimum atomic E-state index is -0.125. The topological polar surface area (TPSA) is 101 Å². The van der Waals surface area contributed by atoms with Crippen molar-refractivity contribution in [2.75, 3.05) is 18.4 Å². The molecular formula is C23H26N6O2S. The van der Waals surface area contributed by atoms with Gasteiger partial charge in [-0.3, -0.25) is 14.6 Å². The molecule has 5 rings (SSSR count). The molecule has 0 bridgehead atoms. The second-order valence-electron chi connectivity index (χ2n) is 9.20. The predicted molar refractivity (Wildman–Crippen MR) is 123 cm³/mol. The van der Waals surface area contributed by atoms with Crippen LogP contribution in [0.5, 0.6) is 0 Å². The first-order valence-electron chi connectivity index (χ1n) is 11.0. The Morgan fingerprint density at radius 1 is 1.28 bits per heavy atom. The maximum Gasteiger partial charge on any atom is 0.274 e. The molecule has 2 aliphatic rings. The van der Waals surface area contributed by atoms with Gasteiger partial charge in [-0.15, -0.1) is 11.3 Å². The van der Waals surface area contributed by atoms with Crippen molar-refractivity contribution in [1.82, 2.24) is 24.8 Å². The molecule has 0 unspecified atom stereocenters. The van der Waals surface area contributed by atoms with Gasteiger partial charge in [0.25, 0.3) is 5.91 Å². The summed E-state index contributed by atoms with van der Waals surface area (Å²) in [6.07, 6.45) is 6.08. The summed E-state index contributed by atoms with van der Waals surface area (Å²) in [5.41, 5.74) is 1.80. The van der Waals surface area contributed by atoms with Crippen LogP contribution in [0.3, 0.4) is 0 Å². The number of hydrogen-bond donors (Lipinski definition) is 1. The van der Waals surface area contributed by atoms with E-state index in [1.165, 1.54) is 11.3 Å². The second-order valence-corrected chi connectivity index (χ2v) is 10.4. The van der Waals surface area contributed by atoms with Crippen molar-refractivity contribution in [2.45, 2.75) is 46.1 Å². The standard InChI is InChI=1S/C23H26N6O2S/c1-13(16-5-4-8-24-10-16)25-22-27-18(19-20(28-22)26-14(2)32-19)21(31)29-11-15(12-29)9-17(30)23(3)6-7-23/h4-5,8,10,13,15H,6-7,9,11-12H2,1-3H3,(H,25,27,28)/t13-/m0/s1. The summed E-state index contributed by atoms with van der Waals surface area (Å²) in [5, 5.41) is 4.11. The molecule has 2 fully saturated rings. The highest BCUT2D eigenvalue weighted by Crippen LogP contribution is 2.47. The van der Waals surface area contributed by atoms with Crippen LogP contribution in [-0.4, -0.2) is 49.6 Å². The highest BCUT2D eigenvalue weighted by Gasteiger charge is 2.46. The van der Waals surface area contributed by atoms with Gasteiger partial charge in [0.1, 0.15) is 10.5 Å². The summed E-state index contributed by atoms with van der Waals surface area (Å²) < 4.78 is 0.706. The van der Waals surface area contributed by atoms with Crippen LogP contribution in [-0.2, 0) is 4.79 Å². The third kappa shape index (κ3) is 3.97. The van der Waals surface area contributed by atoms with E-state index < -0.39 is 0 Å². The number of aryl methyl sites for hydroxylation is 1. The molecule has 3 aromatic heterocycles. The zero-order valence-corrected chi connectivity index (χ0v) is 19.3. The van der Waals surface area contributed by atoms with Crippen molar-refractivity contribution < 1.29 is 9.59 Å². The molecular weight excluding hydrogens is 424 g/mol. The van der Waals surface area contributed by atoms with Gasteiger partial charge in [0.05, 0.1) is 11.0 Å². The first kappa shape index (κ1) is 20.9. The largest absolute Gasteiger partial charge is 0.348 e. The Bertz CT molecular complexity index is 1180. The average molecular weight is 451 g/mol. The fourth-order valence-electron chi connectivity index (χ4n) is 4.04. The van der Waals surface area contributed by atoms with Gasteiger partial charge in [0, 0.05) is 43.2 Å². The summed E-state index contributed by atoms with van der Waals surface area (Å²) in [6, 6.07) is 3.78.